The van der Waals surface area contributed by atoms with Crippen LogP contribution in [-0.4, -0.2) is 31.3 Å². The van der Waals surface area contributed by atoms with Gasteiger partial charge in [0.25, 0.3) is 0 Å². The molecule has 1 aliphatic rings. The summed E-state index contributed by atoms with van der Waals surface area (Å²) in [7, 11) is 1.57. The average Bonchev–Trinajstić information content (AvgIpc) is 2.81. The Kier molecular flexibility index (Phi) is 2.99. The van der Waals surface area contributed by atoms with Crippen molar-refractivity contribution < 1.29 is 14.6 Å². The monoisotopic (exact) mass is 221 g/mol. The SMILES string of the molecule is COc1cc(C(=O)O)ccc1N1CCCC1. The van der Waals surface area contributed by atoms with Crippen LogP contribution in [0.25, 0.3) is 0 Å². The molecule has 2 rings (SSSR count). The number of carbonyl (C=O) groups is 1. The number of aromatic carboxylic acids is 1. The van der Waals surface area contributed by atoms with Gasteiger partial charge in [-0.3, -0.25) is 0 Å². The minimum absolute atomic E-state index is 0.264. The molecule has 1 fully saturated rings. The van der Waals surface area contributed by atoms with Crippen LogP contribution in [0.15, 0.2) is 18.2 Å². The van der Waals surface area contributed by atoms with Crippen molar-refractivity contribution in [1.82, 2.24) is 0 Å². The normalized spacial score (nSPS) is 15.2. The third-order valence-corrected chi connectivity index (χ3v) is 2.87. The van der Waals surface area contributed by atoms with Crippen molar-refractivity contribution >= 4 is 11.7 Å². The van der Waals surface area contributed by atoms with E-state index in [-0.39, 0.29) is 5.56 Å². The minimum Gasteiger partial charge on any atom is -0.495 e. The van der Waals surface area contributed by atoms with E-state index >= 15 is 0 Å². The van der Waals surface area contributed by atoms with Crippen molar-refractivity contribution in [2.45, 2.75) is 12.8 Å². The zero-order valence-corrected chi connectivity index (χ0v) is 9.27. The summed E-state index contributed by atoms with van der Waals surface area (Å²) in [4.78, 5) is 13.1. The molecule has 1 aromatic carbocycles. The van der Waals surface area contributed by atoms with E-state index in [2.05, 4.69) is 4.90 Å². The Balaban J connectivity index is 2.34. The van der Waals surface area contributed by atoms with E-state index in [0.29, 0.717) is 5.75 Å². The molecule has 4 nitrogen and oxygen atoms in total. The lowest BCUT2D eigenvalue weighted by Gasteiger charge is -2.20. The largest absolute Gasteiger partial charge is 0.495 e. The second-order valence-electron chi connectivity index (χ2n) is 3.89. The lowest BCUT2D eigenvalue weighted by atomic mass is 10.2. The van der Waals surface area contributed by atoms with Crippen LogP contribution >= 0.6 is 0 Å². The number of hydrogen-bond donors (Lipinski definition) is 1. The Morgan fingerprint density at radius 3 is 2.62 bits per heavy atom. The summed E-state index contributed by atoms with van der Waals surface area (Å²) in [6, 6.07) is 5.03. The summed E-state index contributed by atoms with van der Waals surface area (Å²) in [5.41, 5.74) is 1.25. The van der Waals surface area contributed by atoms with E-state index in [1.807, 2.05) is 6.07 Å². The van der Waals surface area contributed by atoms with Gasteiger partial charge in [0, 0.05) is 13.1 Å². The van der Waals surface area contributed by atoms with Gasteiger partial charge in [0.1, 0.15) is 5.75 Å². The van der Waals surface area contributed by atoms with Crippen LogP contribution < -0.4 is 9.64 Å². The van der Waals surface area contributed by atoms with Crippen LogP contribution in [0, 0.1) is 0 Å². The number of carboxylic acid groups (broad SMARTS) is 1. The molecule has 0 aliphatic carbocycles. The van der Waals surface area contributed by atoms with Crippen molar-refractivity contribution in [3.05, 3.63) is 23.8 Å². The van der Waals surface area contributed by atoms with Crippen LogP contribution in [0.3, 0.4) is 0 Å². The molecule has 0 spiro atoms. The average molecular weight is 221 g/mol. The number of anilines is 1. The fourth-order valence-corrected chi connectivity index (χ4v) is 2.03. The highest BCUT2D eigenvalue weighted by Gasteiger charge is 2.17. The molecule has 0 aromatic heterocycles. The van der Waals surface area contributed by atoms with Crippen LogP contribution in [0.1, 0.15) is 23.2 Å². The number of ether oxygens (including phenoxy) is 1. The second kappa shape index (κ2) is 4.43. The van der Waals surface area contributed by atoms with Crippen LogP contribution in [-0.2, 0) is 0 Å². The first kappa shape index (κ1) is 10.8. The number of rotatable bonds is 3. The number of benzene rings is 1. The van der Waals surface area contributed by atoms with E-state index in [4.69, 9.17) is 9.84 Å². The molecule has 0 atom stereocenters. The van der Waals surface area contributed by atoms with Crippen molar-refractivity contribution in [3.63, 3.8) is 0 Å². The maximum absolute atomic E-state index is 10.8. The summed E-state index contributed by atoms with van der Waals surface area (Å²) < 4.78 is 5.24. The van der Waals surface area contributed by atoms with Gasteiger partial charge in [0.2, 0.25) is 0 Å². The second-order valence-corrected chi connectivity index (χ2v) is 3.89. The molecule has 1 saturated heterocycles. The summed E-state index contributed by atoms with van der Waals surface area (Å²) in [6.45, 7) is 2.03. The predicted molar refractivity (Wildman–Crippen MR) is 61.4 cm³/mol. The highest BCUT2D eigenvalue weighted by Crippen LogP contribution is 2.31. The van der Waals surface area contributed by atoms with Gasteiger partial charge < -0.3 is 14.7 Å². The molecular formula is C12H15NO3. The predicted octanol–water partition coefficient (Wildman–Crippen LogP) is 1.99. The zero-order chi connectivity index (χ0) is 11.5. The molecular weight excluding hydrogens is 206 g/mol. The highest BCUT2D eigenvalue weighted by atomic mass is 16.5. The Bertz CT molecular complexity index is 397. The van der Waals surface area contributed by atoms with Crippen LogP contribution in [0.2, 0.25) is 0 Å². The van der Waals surface area contributed by atoms with Gasteiger partial charge in [-0.25, -0.2) is 4.79 Å². The van der Waals surface area contributed by atoms with Gasteiger partial charge >= 0.3 is 5.97 Å². The maximum Gasteiger partial charge on any atom is 0.335 e. The van der Waals surface area contributed by atoms with Gasteiger partial charge in [0.05, 0.1) is 18.4 Å². The Hall–Kier alpha value is -1.71. The van der Waals surface area contributed by atoms with Crippen LogP contribution in [0.5, 0.6) is 5.75 Å². The van der Waals surface area contributed by atoms with E-state index < -0.39 is 5.97 Å². The third kappa shape index (κ3) is 1.96. The molecule has 1 aromatic rings. The smallest absolute Gasteiger partial charge is 0.335 e. The molecule has 1 N–H and O–H groups in total. The summed E-state index contributed by atoms with van der Waals surface area (Å²) in [5, 5.41) is 8.89. The summed E-state index contributed by atoms with van der Waals surface area (Å²) >= 11 is 0. The first-order valence-corrected chi connectivity index (χ1v) is 5.38. The fourth-order valence-electron chi connectivity index (χ4n) is 2.03. The van der Waals surface area contributed by atoms with Gasteiger partial charge in [-0.15, -0.1) is 0 Å². The first-order chi connectivity index (χ1) is 7.72. The molecule has 0 bridgehead atoms. The molecule has 0 unspecified atom stereocenters. The molecule has 0 saturated carbocycles. The molecule has 0 radical (unpaired) electrons. The standard InChI is InChI=1S/C12H15NO3/c1-16-11-8-9(12(14)15)4-5-10(11)13-6-2-3-7-13/h4-5,8H,2-3,6-7H2,1H3,(H,14,15). The van der Waals surface area contributed by atoms with Gasteiger partial charge in [-0.1, -0.05) is 0 Å². The van der Waals surface area contributed by atoms with Crippen molar-refractivity contribution in [2.24, 2.45) is 0 Å². The minimum atomic E-state index is -0.925. The van der Waals surface area contributed by atoms with Gasteiger partial charge in [-0.05, 0) is 31.0 Å². The maximum atomic E-state index is 10.8. The van der Waals surface area contributed by atoms with Crippen molar-refractivity contribution in [3.8, 4) is 5.75 Å². The van der Waals surface area contributed by atoms with Crippen LogP contribution in [0.4, 0.5) is 5.69 Å². The molecule has 86 valence electrons. The topological polar surface area (TPSA) is 49.8 Å². The van der Waals surface area contributed by atoms with E-state index in [1.54, 1.807) is 19.2 Å². The van der Waals surface area contributed by atoms with E-state index in [0.717, 1.165) is 18.8 Å². The van der Waals surface area contributed by atoms with E-state index in [1.165, 1.54) is 12.8 Å². The van der Waals surface area contributed by atoms with Gasteiger partial charge in [0.15, 0.2) is 0 Å². The van der Waals surface area contributed by atoms with E-state index in [9.17, 15) is 4.79 Å². The molecule has 4 heteroatoms. The lowest BCUT2D eigenvalue weighted by molar-refractivity contribution is 0.0696. The van der Waals surface area contributed by atoms with Crippen molar-refractivity contribution in [2.75, 3.05) is 25.1 Å². The first-order valence-electron chi connectivity index (χ1n) is 5.38. The third-order valence-electron chi connectivity index (χ3n) is 2.87. The molecule has 1 heterocycles. The summed E-state index contributed by atoms with van der Waals surface area (Å²) in [5.74, 6) is -0.284. The number of methoxy groups -OCH3 is 1. The Labute approximate surface area is 94.4 Å². The summed E-state index contributed by atoms with van der Waals surface area (Å²) in [6.07, 6.45) is 2.37. The molecule has 16 heavy (non-hydrogen) atoms. The Morgan fingerprint density at radius 1 is 1.38 bits per heavy atom. The number of nitrogens with zero attached hydrogens (tertiary/aromatic N) is 1. The molecule has 0 amide bonds. The van der Waals surface area contributed by atoms with Crippen molar-refractivity contribution in [1.29, 1.82) is 0 Å². The quantitative estimate of drug-likeness (QED) is 0.848. The fraction of sp³-hybridized carbons (Fsp3) is 0.417. The number of carboxylic acids is 1. The zero-order valence-electron chi connectivity index (χ0n) is 9.27. The molecule has 1 aliphatic heterocycles. The van der Waals surface area contributed by atoms with Gasteiger partial charge in [-0.2, -0.15) is 0 Å². The number of hydrogen-bond acceptors (Lipinski definition) is 3. The lowest BCUT2D eigenvalue weighted by Crippen LogP contribution is -2.18. The Morgan fingerprint density at radius 2 is 2.06 bits per heavy atom. The highest BCUT2D eigenvalue weighted by molar-refractivity contribution is 5.89.